The first-order chi connectivity index (χ1) is 13.7. The number of hydrogen-bond donors (Lipinski definition) is 0. The zero-order valence-electron chi connectivity index (χ0n) is 16.3. The molecule has 5 heteroatoms. The SMILES string of the molecule is O=C(CN1CCN(Cc2ccccc2)CC1)N1CCCC1c1ccc(Cl)cc1. The van der Waals surface area contributed by atoms with E-state index in [0.29, 0.717) is 6.54 Å². The van der Waals surface area contributed by atoms with Gasteiger partial charge in [-0.1, -0.05) is 54.1 Å². The number of amides is 1. The molecular formula is C23H28ClN3O. The Balaban J connectivity index is 1.28. The number of benzene rings is 2. The summed E-state index contributed by atoms with van der Waals surface area (Å²) < 4.78 is 0. The van der Waals surface area contributed by atoms with Crippen molar-refractivity contribution in [3.05, 3.63) is 70.7 Å². The molecule has 0 spiro atoms. The number of halogens is 1. The molecule has 0 bridgehead atoms. The van der Waals surface area contributed by atoms with Crippen LogP contribution in [0, 0.1) is 0 Å². The maximum absolute atomic E-state index is 13.0. The van der Waals surface area contributed by atoms with Crippen molar-refractivity contribution in [2.45, 2.75) is 25.4 Å². The molecule has 2 aliphatic rings. The fourth-order valence-electron chi connectivity index (χ4n) is 4.33. The maximum Gasteiger partial charge on any atom is 0.237 e. The number of hydrogen-bond acceptors (Lipinski definition) is 3. The van der Waals surface area contributed by atoms with Crippen LogP contribution in [0.25, 0.3) is 0 Å². The number of rotatable bonds is 5. The highest BCUT2D eigenvalue weighted by atomic mass is 35.5. The van der Waals surface area contributed by atoms with E-state index < -0.39 is 0 Å². The van der Waals surface area contributed by atoms with Crippen molar-refractivity contribution < 1.29 is 4.79 Å². The first kappa shape index (κ1) is 19.4. The van der Waals surface area contributed by atoms with E-state index in [-0.39, 0.29) is 11.9 Å². The Morgan fingerprint density at radius 2 is 1.57 bits per heavy atom. The van der Waals surface area contributed by atoms with Crippen LogP contribution in [0.4, 0.5) is 0 Å². The van der Waals surface area contributed by atoms with Gasteiger partial charge in [-0.2, -0.15) is 0 Å². The Kier molecular flexibility index (Phi) is 6.30. The summed E-state index contributed by atoms with van der Waals surface area (Å²) in [6.07, 6.45) is 2.11. The van der Waals surface area contributed by atoms with Gasteiger partial charge in [0.1, 0.15) is 0 Å². The van der Waals surface area contributed by atoms with Crippen LogP contribution in [0.2, 0.25) is 5.02 Å². The summed E-state index contributed by atoms with van der Waals surface area (Å²) in [5.74, 6) is 0.258. The van der Waals surface area contributed by atoms with Gasteiger partial charge in [-0.25, -0.2) is 0 Å². The largest absolute Gasteiger partial charge is 0.335 e. The third-order valence-electron chi connectivity index (χ3n) is 5.90. The van der Waals surface area contributed by atoms with Crippen molar-refractivity contribution in [3.8, 4) is 0 Å². The van der Waals surface area contributed by atoms with Gasteiger partial charge in [-0.05, 0) is 36.1 Å². The normalized spacial score (nSPS) is 21.2. The quantitative estimate of drug-likeness (QED) is 0.767. The Bertz CT molecular complexity index is 772. The Morgan fingerprint density at radius 3 is 2.29 bits per heavy atom. The molecule has 4 nitrogen and oxygen atoms in total. The van der Waals surface area contributed by atoms with Gasteiger partial charge in [-0.15, -0.1) is 0 Å². The summed E-state index contributed by atoms with van der Waals surface area (Å²) in [6.45, 7) is 6.33. The van der Waals surface area contributed by atoms with Crippen LogP contribution in [-0.4, -0.2) is 59.9 Å². The molecule has 0 saturated carbocycles. The van der Waals surface area contributed by atoms with Crippen LogP contribution >= 0.6 is 11.6 Å². The number of piperazine rings is 1. The van der Waals surface area contributed by atoms with E-state index >= 15 is 0 Å². The average molecular weight is 398 g/mol. The van der Waals surface area contributed by atoms with E-state index in [0.717, 1.165) is 57.1 Å². The summed E-state index contributed by atoms with van der Waals surface area (Å²) in [5.41, 5.74) is 2.55. The molecule has 148 valence electrons. The van der Waals surface area contributed by atoms with Crippen LogP contribution in [0.1, 0.15) is 30.0 Å². The minimum Gasteiger partial charge on any atom is -0.335 e. The van der Waals surface area contributed by atoms with Crippen molar-refractivity contribution in [3.63, 3.8) is 0 Å². The fourth-order valence-corrected chi connectivity index (χ4v) is 4.45. The van der Waals surface area contributed by atoms with E-state index in [1.54, 1.807) is 0 Å². The smallest absolute Gasteiger partial charge is 0.237 e. The molecule has 0 N–H and O–H groups in total. The monoisotopic (exact) mass is 397 g/mol. The van der Waals surface area contributed by atoms with Gasteiger partial charge >= 0.3 is 0 Å². The van der Waals surface area contributed by atoms with E-state index in [1.807, 2.05) is 12.1 Å². The third-order valence-corrected chi connectivity index (χ3v) is 6.15. The number of carbonyl (C=O) groups excluding carboxylic acids is 1. The van der Waals surface area contributed by atoms with E-state index in [1.165, 1.54) is 11.1 Å². The molecule has 0 aliphatic carbocycles. The molecule has 2 aromatic rings. The lowest BCUT2D eigenvalue weighted by atomic mass is 10.0. The highest BCUT2D eigenvalue weighted by Crippen LogP contribution is 2.32. The second-order valence-corrected chi connectivity index (χ2v) is 8.27. The van der Waals surface area contributed by atoms with Crippen molar-refractivity contribution >= 4 is 17.5 Å². The molecule has 1 unspecified atom stereocenters. The number of likely N-dealkylation sites (tertiary alicyclic amines) is 1. The zero-order valence-corrected chi connectivity index (χ0v) is 17.0. The standard InChI is InChI=1S/C23H28ClN3O/c24-21-10-8-20(9-11-21)22-7-4-12-27(22)23(28)18-26-15-13-25(14-16-26)17-19-5-2-1-3-6-19/h1-3,5-6,8-11,22H,4,7,12-18H2. The topological polar surface area (TPSA) is 26.8 Å². The lowest BCUT2D eigenvalue weighted by Crippen LogP contribution is -2.49. The van der Waals surface area contributed by atoms with Gasteiger partial charge in [0.25, 0.3) is 0 Å². The van der Waals surface area contributed by atoms with Crippen molar-refractivity contribution in [2.24, 2.45) is 0 Å². The van der Waals surface area contributed by atoms with Gasteiger partial charge in [0.2, 0.25) is 5.91 Å². The summed E-state index contributed by atoms with van der Waals surface area (Å²) in [7, 11) is 0. The molecular weight excluding hydrogens is 370 g/mol. The third kappa shape index (κ3) is 4.75. The van der Waals surface area contributed by atoms with E-state index in [9.17, 15) is 4.79 Å². The Labute approximate surface area is 172 Å². The van der Waals surface area contributed by atoms with Crippen LogP contribution in [0.5, 0.6) is 0 Å². The molecule has 0 radical (unpaired) electrons. The van der Waals surface area contributed by atoms with Gasteiger partial charge in [0, 0.05) is 44.3 Å². The first-order valence-electron chi connectivity index (χ1n) is 10.2. The second-order valence-electron chi connectivity index (χ2n) is 7.83. The summed E-state index contributed by atoms with van der Waals surface area (Å²) in [6, 6.07) is 18.8. The van der Waals surface area contributed by atoms with Crippen LogP contribution in [0.15, 0.2) is 54.6 Å². The van der Waals surface area contributed by atoms with Gasteiger partial charge < -0.3 is 4.90 Å². The van der Waals surface area contributed by atoms with Crippen LogP contribution < -0.4 is 0 Å². The average Bonchev–Trinajstić information content (AvgIpc) is 3.21. The second kappa shape index (κ2) is 9.08. The predicted molar refractivity (Wildman–Crippen MR) is 113 cm³/mol. The lowest BCUT2D eigenvalue weighted by molar-refractivity contribution is -0.133. The Morgan fingerprint density at radius 1 is 0.893 bits per heavy atom. The highest BCUT2D eigenvalue weighted by Gasteiger charge is 2.31. The van der Waals surface area contributed by atoms with Gasteiger partial charge in [0.05, 0.1) is 12.6 Å². The molecule has 0 aromatic heterocycles. The van der Waals surface area contributed by atoms with Crippen molar-refractivity contribution in [1.29, 1.82) is 0 Å². The number of nitrogens with zero attached hydrogens (tertiary/aromatic N) is 3. The van der Waals surface area contributed by atoms with Crippen molar-refractivity contribution in [1.82, 2.24) is 14.7 Å². The van der Waals surface area contributed by atoms with Gasteiger partial charge in [0.15, 0.2) is 0 Å². The molecule has 2 aliphatic heterocycles. The van der Waals surface area contributed by atoms with Crippen LogP contribution in [0.3, 0.4) is 0 Å². The summed E-state index contributed by atoms with van der Waals surface area (Å²) >= 11 is 6.02. The predicted octanol–water partition coefficient (Wildman–Crippen LogP) is 3.82. The summed E-state index contributed by atoms with van der Waals surface area (Å²) in [5, 5.41) is 0.744. The van der Waals surface area contributed by atoms with Crippen LogP contribution in [-0.2, 0) is 11.3 Å². The molecule has 28 heavy (non-hydrogen) atoms. The Hall–Kier alpha value is -1.88. The molecule has 2 saturated heterocycles. The molecule has 1 amide bonds. The van der Waals surface area contributed by atoms with Crippen molar-refractivity contribution in [2.75, 3.05) is 39.3 Å². The molecule has 2 aromatic carbocycles. The zero-order chi connectivity index (χ0) is 19.3. The maximum atomic E-state index is 13.0. The van der Waals surface area contributed by atoms with E-state index in [2.05, 4.69) is 57.2 Å². The first-order valence-corrected chi connectivity index (χ1v) is 10.6. The molecule has 4 rings (SSSR count). The van der Waals surface area contributed by atoms with E-state index in [4.69, 9.17) is 11.6 Å². The minimum atomic E-state index is 0.198. The lowest BCUT2D eigenvalue weighted by Gasteiger charge is -2.35. The summed E-state index contributed by atoms with van der Waals surface area (Å²) in [4.78, 5) is 19.8. The molecule has 2 heterocycles. The fraction of sp³-hybridized carbons (Fsp3) is 0.435. The molecule has 2 fully saturated rings. The molecule has 1 atom stereocenters. The number of carbonyl (C=O) groups is 1. The highest BCUT2D eigenvalue weighted by molar-refractivity contribution is 6.30. The minimum absolute atomic E-state index is 0.198. The van der Waals surface area contributed by atoms with Gasteiger partial charge in [-0.3, -0.25) is 14.6 Å².